The monoisotopic (exact) mass is 550 g/mol. The Morgan fingerprint density at radius 1 is 1.16 bits per heavy atom. The predicted molar refractivity (Wildman–Crippen MR) is 144 cm³/mol. The first-order valence-corrected chi connectivity index (χ1v) is 11.5. The molecule has 0 amide bonds. The van der Waals surface area contributed by atoms with E-state index in [0.29, 0.717) is 12.1 Å². The normalized spacial score (nSPS) is 16.4. The largest absolute Gasteiger partial charge is 0.357 e. The van der Waals surface area contributed by atoms with Crippen LogP contribution < -0.4 is 10.6 Å². The van der Waals surface area contributed by atoms with Gasteiger partial charge in [-0.2, -0.15) is 0 Å². The zero-order valence-corrected chi connectivity index (χ0v) is 22.0. The van der Waals surface area contributed by atoms with E-state index in [1.54, 1.807) is 0 Å². The molecule has 2 aromatic rings. The lowest BCUT2D eigenvalue weighted by Crippen LogP contribution is -2.49. The summed E-state index contributed by atoms with van der Waals surface area (Å²) in [6, 6.07) is 17.6. The third-order valence-corrected chi connectivity index (χ3v) is 5.93. The van der Waals surface area contributed by atoms with Gasteiger partial charge >= 0.3 is 0 Å². The third-order valence-electron chi connectivity index (χ3n) is 5.93. The van der Waals surface area contributed by atoms with E-state index in [4.69, 9.17) is 4.99 Å². The highest BCUT2D eigenvalue weighted by atomic mass is 127. The molecular weight excluding hydrogens is 511 g/mol. The molecule has 176 valence electrons. The molecule has 0 aliphatic carbocycles. The van der Waals surface area contributed by atoms with Gasteiger partial charge in [-0.1, -0.05) is 36.4 Å². The topological polar surface area (TPSA) is 55.8 Å². The molecule has 0 spiro atoms. The van der Waals surface area contributed by atoms with Crippen LogP contribution in [0.4, 0.5) is 0 Å². The van der Waals surface area contributed by atoms with Gasteiger partial charge in [-0.3, -0.25) is 19.8 Å². The average molecular weight is 551 g/mol. The van der Waals surface area contributed by atoms with Gasteiger partial charge in [0, 0.05) is 51.0 Å². The quantitative estimate of drug-likeness (QED) is 0.283. The van der Waals surface area contributed by atoms with Crippen molar-refractivity contribution in [1.82, 2.24) is 25.4 Å². The molecule has 3 rings (SSSR count). The van der Waals surface area contributed by atoms with Crippen molar-refractivity contribution in [2.75, 3.05) is 33.2 Å². The fraction of sp³-hybridized carbons (Fsp3) is 0.520. The van der Waals surface area contributed by atoms with Crippen molar-refractivity contribution in [2.24, 2.45) is 4.99 Å². The summed E-state index contributed by atoms with van der Waals surface area (Å²) in [5.74, 6) is 0.936. The van der Waals surface area contributed by atoms with Crippen molar-refractivity contribution in [1.29, 1.82) is 0 Å². The first-order chi connectivity index (χ1) is 15.1. The summed E-state index contributed by atoms with van der Waals surface area (Å²) in [6.07, 6.45) is 4.13. The second-order valence-electron chi connectivity index (χ2n) is 8.49. The van der Waals surface area contributed by atoms with Crippen LogP contribution in [-0.4, -0.2) is 66.1 Å². The number of rotatable bonds is 9. The van der Waals surface area contributed by atoms with Crippen molar-refractivity contribution in [2.45, 2.75) is 51.9 Å². The number of likely N-dealkylation sites (tertiary alicyclic amines) is 1. The van der Waals surface area contributed by atoms with E-state index in [1.165, 1.54) is 5.56 Å². The molecule has 1 aromatic heterocycles. The highest BCUT2D eigenvalue weighted by Crippen LogP contribution is 2.13. The van der Waals surface area contributed by atoms with Crippen LogP contribution >= 0.6 is 24.0 Å². The predicted octanol–water partition coefficient (Wildman–Crippen LogP) is 3.74. The number of aliphatic imine (C=N–C) groups is 1. The van der Waals surface area contributed by atoms with E-state index in [2.05, 4.69) is 88.8 Å². The zero-order chi connectivity index (χ0) is 21.9. The van der Waals surface area contributed by atoms with Crippen LogP contribution in [0.25, 0.3) is 0 Å². The molecule has 6 nitrogen and oxygen atoms in total. The van der Waals surface area contributed by atoms with Crippen molar-refractivity contribution >= 4 is 29.9 Å². The Balaban J connectivity index is 0.00000363. The Morgan fingerprint density at radius 3 is 2.53 bits per heavy atom. The number of guanidine groups is 1. The lowest BCUT2D eigenvalue weighted by Gasteiger charge is -2.33. The summed E-state index contributed by atoms with van der Waals surface area (Å²) >= 11 is 0. The van der Waals surface area contributed by atoms with E-state index < -0.39 is 0 Å². The standard InChI is InChI=1S/C25H38N6.HI/c1-4-26-25(28-18-21(2)30(3)19-22-10-6-5-7-11-22)29-23-13-16-31(17-14-23)20-24-12-8-9-15-27-24;/h5-12,15,21,23H,4,13-14,16-20H2,1-3H3,(H2,26,28,29);1H. The summed E-state index contributed by atoms with van der Waals surface area (Å²) < 4.78 is 0. The van der Waals surface area contributed by atoms with Crippen molar-refractivity contribution in [3.05, 3.63) is 66.0 Å². The molecule has 2 heterocycles. The first kappa shape index (κ1) is 26.5. The molecule has 1 aromatic carbocycles. The highest BCUT2D eigenvalue weighted by Gasteiger charge is 2.20. The Hall–Kier alpha value is -1.71. The van der Waals surface area contributed by atoms with Crippen LogP contribution in [0.1, 0.15) is 37.9 Å². The van der Waals surface area contributed by atoms with Crippen LogP contribution in [0.2, 0.25) is 0 Å². The smallest absolute Gasteiger partial charge is 0.191 e. The van der Waals surface area contributed by atoms with Crippen LogP contribution in [0, 0.1) is 0 Å². The van der Waals surface area contributed by atoms with Crippen molar-refractivity contribution in [3.63, 3.8) is 0 Å². The Kier molecular flexibility index (Phi) is 12.0. The van der Waals surface area contributed by atoms with Gasteiger partial charge in [0.15, 0.2) is 5.96 Å². The van der Waals surface area contributed by atoms with Crippen LogP contribution in [0.15, 0.2) is 59.7 Å². The number of nitrogens with zero attached hydrogens (tertiary/aromatic N) is 4. The molecular formula is C25H39IN6. The van der Waals surface area contributed by atoms with Gasteiger partial charge in [0.25, 0.3) is 0 Å². The molecule has 7 heteroatoms. The number of likely N-dealkylation sites (N-methyl/N-ethyl adjacent to an activating group) is 1. The second kappa shape index (κ2) is 14.4. The number of aromatic nitrogens is 1. The fourth-order valence-corrected chi connectivity index (χ4v) is 3.86. The number of halogens is 1. The lowest BCUT2D eigenvalue weighted by molar-refractivity contribution is 0.196. The van der Waals surface area contributed by atoms with Crippen LogP contribution in [0.5, 0.6) is 0 Å². The highest BCUT2D eigenvalue weighted by molar-refractivity contribution is 14.0. The summed E-state index contributed by atoms with van der Waals surface area (Å²) in [5, 5.41) is 7.09. The van der Waals surface area contributed by atoms with Gasteiger partial charge in [-0.05, 0) is 51.4 Å². The van der Waals surface area contributed by atoms with E-state index >= 15 is 0 Å². The third kappa shape index (κ3) is 9.03. The van der Waals surface area contributed by atoms with Crippen LogP contribution in [-0.2, 0) is 13.1 Å². The number of hydrogen-bond acceptors (Lipinski definition) is 4. The first-order valence-electron chi connectivity index (χ1n) is 11.5. The van der Waals surface area contributed by atoms with Gasteiger partial charge in [0.05, 0.1) is 12.2 Å². The van der Waals surface area contributed by atoms with E-state index in [-0.39, 0.29) is 24.0 Å². The Morgan fingerprint density at radius 2 is 1.88 bits per heavy atom. The van der Waals surface area contributed by atoms with E-state index in [9.17, 15) is 0 Å². The van der Waals surface area contributed by atoms with Crippen LogP contribution in [0.3, 0.4) is 0 Å². The fourth-order valence-electron chi connectivity index (χ4n) is 3.86. The number of hydrogen-bond donors (Lipinski definition) is 2. The molecule has 1 atom stereocenters. The SMILES string of the molecule is CCNC(=NCC(C)N(C)Cc1ccccc1)NC1CCN(Cc2ccccn2)CC1.I. The van der Waals surface area contributed by atoms with E-state index in [1.807, 2.05) is 12.3 Å². The van der Waals surface area contributed by atoms with Gasteiger partial charge in [0.1, 0.15) is 0 Å². The molecule has 0 radical (unpaired) electrons. The number of nitrogens with one attached hydrogen (secondary N) is 2. The molecule has 1 aliphatic heterocycles. The summed E-state index contributed by atoms with van der Waals surface area (Å²) in [6.45, 7) is 10.1. The molecule has 1 saturated heterocycles. The minimum Gasteiger partial charge on any atom is -0.357 e. The Bertz CT molecular complexity index is 778. The minimum absolute atomic E-state index is 0. The lowest BCUT2D eigenvalue weighted by atomic mass is 10.0. The Labute approximate surface area is 210 Å². The van der Waals surface area contributed by atoms with Crippen molar-refractivity contribution < 1.29 is 0 Å². The maximum atomic E-state index is 4.89. The van der Waals surface area contributed by atoms with Gasteiger partial charge in [-0.25, -0.2) is 0 Å². The summed E-state index contributed by atoms with van der Waals surface area (Å²) in [4.78, 5) is 14.2. The van der Waals surface area contributed by atoms with Gasteiger partial charge in [-0.15, -0.1) is 24.0 Å². The van der Waals surface area contributed by atoms with Crippen molar-refractivity contribution in [3.8, 4) is 0 Å². The molecule has 0 bridgehead atoms. The molecule has 1 aliphatic rings. The average Bonchev–Trinajstić information content (AvgIpc) is 2.80. The molecule has 32 heavy (non-hydrogen) atoms. The maximum Gasteiger partial charge on any atom is 0.191 e. The van der Waals surface area contributed by atoms with Gasteiger partial charge < -0.3 is 10.6 Å². The molecule has 2 N–H and O–H groups in total. The second-order valence-corrected chi connectivity index (χ2v) is 8.49. The number of piperidine rings is 1. The summed E-state index contributed by atoms with van der Waals surface area (Å²) in [5.41, 5.74) is 2.49. The van der Waals surface area contributed by atoms with E-state index in [0.717, 1.165) is 63.8 Å². The summed E-state index contributed by atoms with van der Waals surface area (Å²) in [7, 11) is 2.17. The van der Waals surface area contributed by atoms with Gasteiger partial charge in [0.2, 0.25) is 0 Å². The minimum atomic E-state index is 0. The zero-order valence-electron chi connectivity index (χ0n) is 19.7. The maximum absolute atomic E-state index is 4.89. The number of pyridine rings is 1. The number of benzene rings is 1. The molecule has 1 fully saturated rings. The molecule has 1 unspecified atom stereocenters. The molecule has 0 saturated carbocycles.